The van der Waals surface area contributed by atoms with Gasteiger partial charge in [-0.1, -0.05) is 55.5 Å². The van der Waals surface area contributed by atoms with Crippen molar-refractivity contribution < 1.29 is 9.53 Å². The molecule has 1 aliphatic rings. The van der Waals surface area contributed by atoms with Gasteiger partial charge in [0.2, 0.25) is 0 Å². The highest BCUT2D eigenvalue weighted by Crippen LogP contribution is 2.30. The number of hydrogen-bond acceptors (Lipinski definition) is 2. The Hall–Kier alpha value is -2.13. The number of methoxy groups -OCH3 is 1. The van der Waals surface area contributed by atoms with Gasteiger partial charge in [-0.3, -0.25) is 4.79 Å². The third-order valence-corrected chi connectivity index (χ3v) is 4.36. The first kappa shape index (κ1) is 14.8. The minimum absolute atomic E-state index is 0.0515. The van der Waals surface area contributed by atoms with Crippen LogP contribution in [0.4, 0.5) is 0 Å². The average Bonchev–Trinajstić information content (AvgIpc) is 2.95. The lowest BCUT2D eigenvalue weighted by Gasteiger charge is -2.26. The number of hydrogen-bond donors (Lipinski definition) is 0. The summed E-state index contributed by atoms with van der Waals surface area (Å²) in [5.74, 6) is 0.425. The van der Waals surface area contributed by atoms with E-state index in [0.29, 0.717) is 5.92 Å². The predicted octanol–water partition coefficient (Wildman–Crippen LogP) is 3.81. The Labute approximate surface area is 131 Å². The molecule has 0 aromatic heterocycles. The van der Waals surface area contributed by atoms with E-state index in [-0.39, 0.29) is 12.1 Å². The van der Waals surface area contributed by atoms with E-state index >= 15 is 0 Å². The molecule has 2 atom stereocenters. The quantitative estimate of drug-likeness (QED) is 0.862. The van der Waals surface area contributed by atoms with Gasteiger partial charge in [0, 0.05) is 25.1 Å². The maximum absolute atomic E-state index is 13.0. The topological polar surface area (TPSA) is 29.5 Å². The minimum atomic E-state index is -0.128. The summed E-state index contributed by atoms with van der Waals surface area (Å²) in [5.41, 5.74) is 2.78. The molecule has 1 amide bonds. The van der Waals surface area contributed by atoms with Crippen molar-refractivity contribution in [3.8, 4) is 11.1 Å². The van der Waals surface area contributed by atoms with Crippen molar-refractivity contribution in [1.29, 1.82) is 0 Å². The van der Waals surface area contributed by atoms with E-state index in [2.05, 4.69) is 6.92 Å². The molecule has 2 aromatic rings. The number of rotatable bonds is 3. The van der Waals surface area contributed by atoms with Crippen LogP contribution in [0.1, 0.15) is 23.7 Å². The van der Waals surface area contributed by atoms with Crippen LogP contribution in [0, 0.1) is 5.92 Å². The molecular formula is C19H21NO2. The molecule has 1 fully saturated rings. The van der Waals surface area contributed by atoms with Crippen LogP contribution in [-0.4, -0.2) is 30.7 Å². The summed E-state index contributed by atoms with van der Waals surface area (Å²) in [4.78, 5) is 14.9. The second-order valence-corrected chi connectivity index (χ2v) is 5.80. The number of carbonyl (C=O) groups excluding carboxylic acids is 1. The van der Waals surface area contributed by atoms with Crippen molar-refractivity contribution in [1.82, 2.24) is 4.90 Å². The molecule has 3 heteroatoms. The Morgan fingerprint density at radius 2 is 1.77 bits per heavy atom. The van der Waals surface area contributed by atoms with E-state index < -0.39 is 0 Å². The molecule has 0 bridgehead atoms. The highest BCUT2D eigenvalue weighted by atomic mass is 16.5. The Kier molecular flexibility index (Phi) is 4.25. The lowest BCUT2D eigenvalue weighted by atomic mass is 9.99. The molecule has 2 aromatic carbocycles. The van der Waals surface area contributed by atoms with Gasteiger partial charge in [0.25, 0.3) is 5.91 Å². The number of benzene rings is 2. The fourth-order valence-electron chi connectivity index (χ4n) is 3.19. The number of ether oxygens (including phenoxy) is 1. The zero-order valence-electron chi connectivity index (χ0n) is 13.0. The maximum Gasteiger partial charge on any atom is 0.256 e. The van der Waals surface area contributed by atoms with E-state index in [1.807, 2.05) is 59.5 Å². The smallest absolute Gasteiger partial charge is 0.256 e. The van der Waals surface area contributed by atoms with Crippen molar-refractivity contribution in [3.63, 3.8) is 0 Å². The van der Waals surface area contributed by atoms with Crippen molar-refractivity contribution in [3.05, 3.63) is 60.2 Å². The number of amides is 1. The van der Waals surface area contributed by atoms with Crippen LogP contribution < -0.4 is 0 Å². The highest BCUT2D eigenvalue weighted by molar-refractivity contribution is 6.01. The maximum atomic E-state index is 13.0. The molecule has 1 aliphatic heterocycles. The van der Waals surface area contributed by atoms with Crippen molar-refractivity contribution >= 4 is 5.91 Å². The molecule has 3 nitrogen and oxygen atoms in total. The third-order valence-electron chi connectivity index (χ3n) is 4.36. The molecule has 0 spiro atoms. The number of carbonyl (C=O) groups is 1. The van der Waals surface area contributed by atoms with E-state index in [1.165, 1.54) is 0 Å². The Balaban J connectivity index is 1.97. The molecule has 1 heterocycles. The van der Waals surface area contributed by atoms with Gasteiger partial charge in [0.15, 0.2) is 0 Å². The van der Waals surface area contributed by atoms with Gasteiger partial charge in [0.05, 0.1) is 0 Å². The molecule has 22 heavy (non-hydrogen) atoms. The molecular weight excluding hydrogens is 274 g/mol. The fourth-order valence-corrected chi connectivity index (χ4v) is 3.19. The summed E-state index contributed by atoms with van der Waals surface area (Å²) in [7, 11) is 1.68. The molecule has 0 unspecified atom stereocenters. The zero-order chi connectivity index (χ0) is 15.5. The summed E-state index contributed by atoms with van der Waals surface area (Å²) in [6.45, 7) is 2.88. The van der Waals surface area contributed by atoms with Gasteiger partial charge < -0.3 is 9.64 Å². The predicted molar refractivity (Wildman–Crippen MR) is 87.5 cm³/mol. The van der Waals surface area contributed by atoms with Crippen molar-refractivity contribution in [2.24, 2.45) is 5.92 Å². The summed E-state index contributed by atoms with van der Waals surface area (Å²) in [6.07, 6.45) is 0.855. The standard InChI is InChI=1S/C19H21NO2/c1-14-12-13-20(19(14)22-2)18(21)17-11-7-6-10-16(17)15-8-4-3-5-9-15/h3-11,14,19H,12-13H2,1-2H3/t14-,19-/m1/s1. The molecule has 0 N–H and O–H groups in total. The van der Waals surface area contributed by atoms with Gasteiger partial charge in [-0.05, 0) is 23.6 Å². The van der Waals surface area contributed by atoms with Gasteiger partial charge >= 0.3 is 0 Å². The first-order valence-corrected chi connectivity index (χ1v) is 7.70. The third kappa shape index (κ3) is 2.64. The summed E-state index contributed by atoms with van der Waals surface area (Å²) in [5, 5.41) is 0. The normalized spacial score (nSPS) is 21.1. The average molecular weight is 295 g/mol. The Morgan fingerprint density at radius 3 is 2.50 bits per heavy atom. The van der Waals surface area contributed by atoms with E-state index in [0.717, 1.165) is 29.7 Å². The zero-order valence-corrected chi connectivity index (χ0v) is 13.0. The summed E-state index contributed by atoms with van der Waals surface area (Å²) >= 11 is 0. The van der Waals surface area contributed by atoms with Crippen LogP contribution in [0.5, 0.6) is 0 Å². The molecule has 1 saturated heterocycles. The summed E-state index contributed by atoms with van der Waals surface area (Å²) in [6, 6.07) is 17.8. The van der Waals surface area contributed by atoms with Gasteiger partial charge in [-0.2, -0.15) is 0 Å². The SMILES string of the molecule is CO[C@@H]1[C@H](C)CCN1C(=O)c1ccccc1-c1ccccc1. The van der Waals surface area contributed by atoms with Crippen LogP contribution in [0.15, 0.2) is 54.6 Å². The van der Waals surface area contributed by atoms with Crippen LogP contribution in [-0.2, 0) is 4.74 Å². The van der Waals surface area contributed by atoms with E-state index in [9.17, 15) is 4.79 Å². The van der Waals surface area contributed by atoms with Crippen LogP contribution in [0.25, 0.3) is 11.1 Å². The molecule has 114 valence electrons. The molecule has 0 radical (unpaired) electrons. The second kappa shape index (κ2) is 6.32. The fraction of sp³-hybridized carbons (Fsp3) is 0.316. The number of nitrogens with zero attached hydrogens (tertiary/aromatic N) is 1. The van der Waals surface area contributed by atoms with E-state index in [4.69, 9.17) is 4.74 Å². The highest BCUT2D eigenvalue weighted by Gasteiger charge is 2.35. The second-order valence-electron chi connectivity index (χ2n) is 5.80. The monoisotopic (exact) mass is 295 g/mol. The van der Waals surface area contributed by atoms with Gasteiger partial charge in [-0.15, -0.1) is 0 Å². The van der Waals surface area contributed by atoms with Crippen LogP contribution >= 0.6 is 0 Å². The van der Waals surface area contributed by atoms with Crippen LogP contribution in [0.2, 0.25) is 0 Å². The van der Waals surface area contributed by atoms with Crippen LogP contribution in [0.3, 0.4) is 0 Å². The van der Waals surface area contributed by atoms with E-state index in [1.54, 1.807) is 7.11 Å². The first-order chi connectivity index (χ1) is 10.7. The largest absolute Gasteiger partial charge is 0.361 e. The molecule has 0 aliphatic carbocycles. The summed E-state index contributed by atoms with van der Waals surface area (Å²) < 4.78 is 5.53. The Morgan fingerprint density at radius 1 is 1.09 bits per heavy atom. The number of likely N-dealkylation sites (tertiary alicyclic amines) is 1. The lowest BCUT2D eigenvalue weighted by molar-refractivity contribution is -0.0170. The molecule has 0 saturated carbocycles. The van der Waals surface area contributed by atoms with Gasteiger partial charge in [0.1, 0.15) is 6.23 Å². The van der Waals surface area contributed by atoms with Gasteiger partial charge in [-0.25, -0.2) is 0 Å². The first-order valence-electron chi connectivity index (χ1n) is 7.70. The lowest BCUT2D eigenvalue weighted by Crippen LogP contribution is -2.38. The molecule has 3 rings (SSSR count). The minimum Gasteiger partial charge on any atom is -0.361 e. The van der Waals surface area contributed by atoms with Crippen molar-refractivity contribution in [2.75, 3.05) is 13.7 Å². The van der Waals surface area contributed by atoms with Crippen molar-refractivity contribution in [2.45, 2.75) is 19.6 Å². The Bertz CT molecular complexity index is 653.